The Balaban J connectivity index is 1.89. The molecule has 1 aliphatic rings. The van der Waals surface area contributed by atoms with E-state index in [9.17, 15) is 4.79 Å². The zero-order chi connectivity index (χ0) is 13.0. The number of hydrogen-bond acceptors (Lipinski definition) is 5. The number of fused-ring (bicyclic) bond motifs is 1. The molecule has 0 N–H and O–H groups in total. The molecule has 100 valence electrons. The molecule has 18 heavy (non-hydrogen) atoms. The summed E-state index contributed by atoms with van der Waals surface area (Å²) in [7, 11) is 3.39. The average molecular weight is 252 g/mol. The van der Waals surface area contributed by atoms with Gasteiger partial charge in [0.15, 0.2) is 0 Å². The van der Waals surface area contributed by atoms with Crippen molar-refractivity contribution in [3.8, 4) is 0 Å². The molecule has 6 nitrogen and oxygen atoms in total. The van der Waals surface area contributed by atoms with Crippen molar-refractivity contribution in [2.45, 2.75) is 38.8 Å². The first kappa shape index (κ1) is 13.0. The van der Waals surface area contributed by atoms with E-state index in [1.165, 1.54) is 20.0 Å². The highest BCUT2D eigenvalue weighted by Crippen LogP contribution is 2.15. The van der Waals surface area contributed by atoms with E-state index in [2.05, 4.69) is 24.4 Å². The molecular weight excluding hydrogens is 232 g/mol. The number of carbonyl (C=O) groups is 1. The van der Waals surface area contributed by atoms with Gasteiger partial charge in [0.05, 0.1) is 20.1 Å². The summed E-state index contributed by atoms with van der Waals surface area (Å²) in [5, 5.41) is 8.46. The summed E-state index contributed by atoms with van der Waals surface area (Å²) < 4.78 is 6.83. The average Bonchev–Trinajstić information content (AvgIpc) is 2.79. The lowest BCUT2D eigenvalue weighted by atomic mass is 10.2. The SMILES string of the molecule is COC(=O)CCN(C)Cc1nnc2n1CCCC2. The highest BCUT2D eigenvalue weighted by Gasteiger charge is 2.16. The van der Waals surface area contributed by atoms with Gasteiger partial charge in [-0.15, -0.1) is 10.2 Å². The molecule has 2 heterocycles. The minimum Gasteiger partial charge on any atom is -0.469 e. The number of esters is 1. The number of methoxy groups -OCH3 is 1. The van der Waals surface area contributed by atoms with E-state index < -0.39 is 0 Å². The van der Waals surface area contributed by atoms with Gasteiger partial charge in [-0.3, -0.25) is 9.69 Å². The standard InChI is InChI=1S/C12H20N4O2/c1-15(8-6-12(17)18-2)9-11-14-13-10-5-3-4-7-16(10)11/h3-9H2,1-2H3. The minimum absolute atomic E-state index is 0.176. The van der Waals surface area contributed by atoms with Crippen LogP contribution in [0.3, 0.4) is 0 Å². The quantitative estimate of drug-likeness (QED) is 0.719. The van der Waals surface area contributed by atoms with Gasteiger partial charge in [0, 0.05) is 19.5 Å². The molecule has 0 spiro atoms. The predicted octanol–water partition coefficient (Wildman–Crippen LogP) is 0.609. The normalized spacial score (nSPS) is 14.6. The van der Waals surface area contributed by atoms with Crippen molar-refractivity contribution in [3.63, 3.8) is 0 Å². The molecule has 0 fully saturated rings. The van der Waals surface area contributed by atoms with E-state index in [-0.39, 0.29) is 5.97 Å². The van der Waals surface area contributed by atoms with Crippen molar-refractivity contribution in [3.05, 3.63) is 11.6 Å². The summed E-state index contributed by atoms with van der Waals surface area (Å²) in [4.78, 5) is 13.1. The van der Waals surface area contributed by atoms with Crippen molar-refractivity contribution in [1.29, 1.82) is 0 Å². The first-order chi connectivity index (χ1) is 8.70. The molecule has 0 amide bonds. The van der Waals surface area contributed by atoms with E-state index in [1.807, 2.05) is 7.05 Å². The van der Waals surface area contributed by atoms with E-state index in [0.717, 1.165) is 31.2 Å². The van der Waals surface area contributed by atoms with Crippen LogP contribution in [0.1, 0.15) is 30.9 Å². The molecule has 1 aromatic rings. The molecule has 0 atom stereocenters. The highest BCUT2D eigenvalue weighted by molar-refractivity contribution is 5.69. The Hall–Kier alpha value is -1.43. The molecular formula is C12H20N4O2. The third-order valence-electron chi connectivity index (χ3n) is 3.27. The smallest absolute Gasteiger partial charge is 0.306 e. The predicted molar refractivity (Wildman–Crippen MR) is 65.9 cm³/mol. The van der Waals surface area contributed by atoms with Gasteiger partial charge in [0.25, 0.3) is 0 Å². The highest BCUT2D eigenvalue weighted by atomic mass is 16.5. The maximum absolute atomic E-state index is 11.1. The first-order valence-electron chi connectivity index (χ1n) is 6.37. The summed E-state index contributed by atoms with van der Waals surface area (Å²) in [6.45, 7) is 2.42. The van der Waals surface area contributed by atoms with Crippen molar-refractivity contribution >= 4 is 5.97 Å². The van der Waals surface area contributed by atoms with Gasteiger partial charge in [-0.2, -0.15) is 0 Å². The van der Waals surface area contributed by atoms with Crippen LogP contribution in [0, 0.1) is 0 Å². The van der Waals surface area contributed by atoms with Crippen LogP contribution in [0.15, 0.2) is 0 Å². The fourth-order valence-electron chi connectivity index (χ4n) is 2.19. The van der Waals surface area contributed by atoms with Crippen molar-refractivity contribution < 1.29 is 9.53 Å². The van der Waals surface area contributed by atoms with Crippen LogP contribution in [-0.2, 0) is 29.0 Å². The van der Waals surface area contributed by atoms with E-state index >= 15 is 0 Å². The summed E-state index contributed by atoms with van der Waals surface area (Å²) in [6.07, 6.45) is 3.84. The lowest BCUT2D eigenvalue weighted by Gasteiger charge is -2.18. The number of nitrogens with zero attached hydrogens (tertiary/aromatic N) is 4. The van der Waals surface area contributed by atoms with Gasteiger partial charge in [0.2, 0.25) is 0 Å². The van der Waals surface area contributed by atoms with Crippen molar-refractivity contribution in [2.24, 2.45) is 0 Å². The maximum Gasteiger partial charge on any atom is 0.306 e. The third-order valence-corrected chi connectivity index (χ3v) is 3.27. The second-order valence-corrected chi connectivity index (χ2v) is 4.71. The minimum atomic E-state index is -0.176. The summed E-state index contributed by atoms with van der Waals surface area (Å²) >= 11 is 0. The van der Waals surface area contributed by atoms with Gasteiger partial charge in [-0.25, -0.2) is 0 Å². The Bertz CT molecular complexity index is 416. The second kappa shape index (κ2) is 5.95. The second-order valence-electron chi connectivity index (χ2n) is 4.71. The zero-order valence-corrected chi connectivity index (χ0v) is 11.1. The molecule has 0 aromatic carbocycles. The number of rotatable bonds is 5. The summed E-state index contributed by atoms with van der Waals surface area (Å²) in [5.74, 6) is 1.92. The Kier molecular flexibility index (Phi) is 4.30. The van der Waals surface area contributed by atoms with Gasteiger partial charge >= 0.3 is 5.97 Å². The van der Waals surface area contributed by atoms with E-state index in [4.69, 9.17) is 0 Å². The van der Waals surface area contributed by atoms with Crippen LogP contribution >= 0.6 is 0 Å². The number of ether oxygens (including phenoxy) is 1. The van der Waals surface area contributed by atoms with Crippen molar-refractivity contribution in [2.75, 3.05) is 20.7 Å². The molecule has 0 saturated carbocycles. The summed E-state index contributed by atoms with van der Waals surface area (Å²) in [5.41, 5.74) is 0. The topological polar surface area (TPSA) is 60.2 Å². The molecule has 6 heteroatoms. The fraction of sp³-hybridized carbons (Fsp3) is 0.750. The maximum atomic E-state index is 11.1. The molecule has 0 bridgehead atoms. The van der Waals surface area contributed by atoms with Crippen LogP contribution in [0.25, 0.3) is 0 Å². The first-order valence-corrected chi connectivity index (χ1v) is 6.37. The zero-order valence-electron chi connectivity index (χ0n) is 11.1. The van der Waals surface area contributed by atoms with E-state index in [1.54, 1.807) is 0 Å². The van der Waals surface area contributed by atoms with Crippen LogP contribution in [0.5, 0.6) is 0 Å². The number of aryl methyl sites for hydroxylation is 1. The molecule has 0 saturated heterocycles. The molecule has 1 aromatic heterocycles. The molecule has 1 aliphatic heterocycles. The van der Waals surface area contributed by atoms with Crippen molar-refractivity contribution in [1.82, 2.24) is 19.7 Å². The van der Waals surface area contributed by atoms with Crippen LogP contribution < -0.4 is 0 Å². The molecule has 0 unspecified atom stereocenters. The number of aromatic nitrogens is 3. The monoisotopic (exact) mass is 252 g/mol. The summed E-state index contributed by atoms with van der Waals surface area (Å²) in [6, 6.07) is 0. The van der Waals surface area contributed by atoms with Crippen LogP contribution in [-0.4, -0.2) is 46.3 Å². The lowest BCUT2D eigenvalue weighted by Crippen LogP contribution is -2.24. The Labute approximate surface area is 107 Å². The lowest BCUT2D eigenvalue weighted by molar-refractivity contribution is -0.140. The fourth-order valence-corrected chi connectivity index (χ4v) is 2.19. The Morgan fingerprint density at radius 2 is 2.28 bits per heavy atom. The third kappa shape index (κ3) is 3.07. The Morgan fingerprint density at radius 3 is 3.06 bits per heavy atom. The van der Waals surface area contributed by atoms with Gasteiger partial charge in [0.1, 0.15) is 11.6 Å². The molecule has 2 rings (SSSR count). The van der Waals surface area contributed by atoms with Gasteiger partial charge < -0.3 is 9.30 Å². The van der Waals surface area contributed by atoms with Crippen LogP contribution in [0.4, 0.5) is 0 Å². The number of hydrogen-bond donors (Lipinski definition) is 0. The van der Waals surface area contributed by atoms with Gasteiger partial charge in [-0.05, 0) is 19.9 Å². The Morgan fingerprint density at radius 1 is 1.44 bits per heavy atom. The number of carbonyl (C=O) groups excluding carboxylic acids is 1. The van der Waals surface area contributed by atoms with Gasteiger partial charge in [-0.1, -0.05) is 0 Å². The van der Waals surface area contributed by atoms with E-state index in [0.29, 0.717) is 13.0 Å². The molecule has 0 aliphatic carbocycles. The molecule has 0 radical (unpaired) electrons. The van der Waals surface area contributed by atoms with Crippen LogP contribution in [0.2, 0.25) is 0 Å². The largest absolute Gasteiger partial charge is 0.469 e.